The summed E-state index contributed by atoms with van der Waals surface area (Å²) in [6, 6.07) is 13.4. The Morgan fingerprint density at radius 3 is 2.32 bits per heavy atom. The molecular weight excluding hydrogens is 491 g/mol. The van der Waals surface area contributed by atoms with Crippen LogP contribution in [0.3, 0.4) is 0 Å². The molecule has 38 heavy (non-hydrogen) atoms. The lowest BCUT2D eigenvalue weighted by atomic mass is 9.84. The molecule has 2 N–H and O–H groups in total. The zero-order valence-electron chi connectivity index (χ0n) is 22.2. The summed E-state index contributed by atoms with van der Waals surface area (Å²) in [4.78, 5) is 36.3. The van der Waals surface area contributed by atoms with Gasteiger partial charge in [-0.1, -0.05) is 32.0 Å². The summed E-state index contributed by atoms with van der Waals surface area (Å²) in [6.07, 6.45) is 3.55. The van der Waals surface area contributed by atoms with E-state index >= 15 is 0 Å². The van der Waals surface area contributed by atoms with E-state index in [1.165, 1.54) is 11.6 Å². The molecule has 0 bridgehead atoms. The first-order valence-corrected chi connectivity index (χ1v) is 13.0. The molecule has 2 aromatic rings. The van der Waals surface area contributed by atoms with Gasteiger partial charge in [0.1, 0.15) is 11.6 Å². The number of hydrogen-bond donors (Lipinski definition) is 2. The van der Waals surface area contributed by atoms with Crippen molar-refractivity contribution in [1.82, 2.24) is 9.80 Å². The van der Waals surface area contributed by atoms with Gasteiger partial charge in [-0.25, -0.2) is 14.0 Å². The number of hydrogen-bond acceptors (Lipinski definition) is 5. The Morgan fingerprint density at radius 1 is 1.03 bits per heavy atom. The monoisotopic (exact) mass is 528 g/mol. The number of rotatable bonds is 6. The molecule has 1 unspecified atom stereocenters. The van der Waals surface area contributed by atoms with E-state index in [-0.39, 0.29) is 23.7 Å². The van der Waals surface area contributed by atoms with Crippen molar-refractivity contribution in [2.45, 2.75) is 45.6 Å². The SMILES string of the molecule is COc1cccc(CCN2CCC(C(=O)N3CCc4cc(F)ccc4C3C(C)C)CC2)c1.O=C(O)C(=O)O. The van der Waals surface area contributed by atoms with Crippen molar-refractivity contribution in [3.63, 3.8) is 0 Å². The Kier molecular flexibility index (Phi) is 10.2. The Labute approximate surface area is 223 Å². The van der Waals surface area contributed by atoms with E-state index in [0.29, 0.717) is 12.5 Å². The van der Waals surface area contributed by atoms with E-state index < -0.39 is 11.9 Å². The number of carboxylic acids is 2. The number of benzene rings is 2. The van der Waals surface area contributed by atoms with Crippen LogP contribution in [0.4, 0.5) is 4.39 Å². The van der Waals surface area contributed by atoms with Crippen LogP contribution in [0.15, 0.2) is 42.5 Å². The van der Waals surface area contributed by atoms with Gasteiger partial charge in [0.15, 0.2) is 0 Å². The number of carbonyl (C=O) groups excluding carboxylic acids is 1. The molecule has 1 saturated heterocycles. The minimum absolute atomic E-state index is 0.0398. The zero-order valence-corrected chi connectivity index (χ0v) is 22.2. The molecular formula is C29H37FN2O6. The Balaban J connectivity index is 0.000000599. The molecule has 206 valence electrons. The van der Waals surface area contributed by atoms with Crippen molar-refractivity contribution >= 4 is 17.8 Å². The first-order valence-electron chi connectivity index (χ1n) is 13.0. The third-order valence-corrected chi connectivity index (χ3v) is 7.27. The average molecular weight is 529 g/mol. The van der Waals surface area contributed by atoms with E-state index in [2.05, 4.69) is 35.8 Å². The molecule has 0 aromatic heterocycles. The third kappa shape index (κ3) is 7.54. The molecule has 0 aliphatic carbocycles. The molecule has 0 saturated carbocycles. The second-order valence-electron chi connectivity index (χ2n) is 10.1. The quantitative estimate of drug-likeness (QED) is 0.545. The van der Waals surface area contributed by atoms with Crippen LogP contribution in [0.2, 0.25) is 0 Å². The van der Waals surface area contributed by atoms with Crippen molar-refractivity contribution in [2.24, 2.45) is 11.8 Å². The number of fused-ring (bicyclic) bond motifs is 1. The number of halogens is 1. The predicted molar refractivity (Wildman–Crippen MR) is 141 cm³/mol. The number of nitrogens with zero attached hydrogens (tertiary/aromatic N) is 2. The standard InChI is InChI=1S/C27H35FN2O2.C2H2O4/c1-19(2)26-25-8-7-23(28)18-22(25)12-16-30(26)27(31)21-10-14-29(15-11-21)13-9-20-5-4-6-24(17-20)32-3;3-1(4)2(5)6/h4-8,17-19,21,26H,9-16H2,1-3H3;(H,3,4)(H,5,6). The lowest BCUT2D eigenvalue weighted by molar-refractivity contribution is -0.159. The number of carbonyl (C=O) groups is 3. The smallest absolute Gasteiger partial charge is 0.414 e. The van der Waals surface area contributed by atoms with Gasteiger partial charge in [0.2, 0.25) is 5.91 Å². The van der Waals surface area contributed by atoms with Gasteiger partial charge in [-0.05, 0) is 85.6 Å². The zero-order chi connectivity index (χ0) is 27.8. The first kappa shape index (κ1) is 29.1. The van der Waals surface area contributed by atoms with Crippen LogP contribution in [0.25, 0.3) is 0 Å². The maximum Gasteiger partial charge on any atom is 0.414 e. The molecule has 4 rings (SSSR count). The largest absolute Gasteiger partial charge is 0.497 e. The molecule has 0 radical (unpaired) electrons. The van der Waals surface area contributed by atoms with E-state index in [4.69, 9.17) is 24.5 Å². The van der Waals surface area contributed by atoms with E-state index in [1.807, 2.05) is 18.2 Å². The van der Waals surface area contributed by atoms with Crippen molar-refractivity contribution < 1.29 is 33.7 Å². The highest BCUT2D eigenvalue weighted by molar-refractivity contribution is 6.27. The second kappa shape index (κ2) is 13.4. The third-order valence-electron chi connectivity index (χ3n) is 7.27. The first-order chi connectivity index (χ1) is 18.1. The number of carboxylic acid groups (broad SMARTS) is 2. The second-order valence-corrected chi connectivity index (χ2v) is 10.1. The lowest BCUT2D eigenvalue weighted by Crippen LogP contribution is -2.47. The summed E-state index contributed by atoms with van der Waals surface area (Å²) in [6.45, 7) is 7.93. The highest BCUT2D eigenvalue weighted by atomic mass is 19.1. The maximum atomic E-state index is 13.7. The number of ether oxygens (including phenoxy) is 1. The van der Waals surface area contributed by atoms with Crippen LogP contribution in [0.1, 0.15) is 49.4 Å². The Morgan fingerprint density at radius 2 is 1.71 bits per heavy atom. The normalized spacial score (nSPS) is 17.8. The Hall–Kier alpha value is -3.46. The van der Waals surface area contributed by atoms with Crippen LogP contribution in [-0.4, -0.2) is 71.1 Å². The molecule has 2 heterocycles. The summed E-state index contributed by atoms with van der Waals surface area (Å²) in [7, 11) is 1.70. The average Bonchev–Trinajstić information content (AvgIpc) is 2.91. The fourth-order valence-electron chi connectivity index (χ4n) is 5.35. The molecule has 0 spiro atoms. The summed E-state index contributed by atoms with van der Waals surface area (Å²) < 4.78 is 19.0. The van der Waals surface area contributed by atoms with Crippen LogP contribution in [0, 0.1) is 17.7 Å². The van der Waals surface area contributed by atoms with E-state index in [9.17, 15) is 9.18 Å². The van der Waals surface area contributed by atoms with Gasteiger partial charge < -0.3 is 24.7 Å². The highest BCUT2D eigenvalue weighted by Gasteiger charge is 2.37. The summed E-state index contributed by atoms with van der Waals surface area (Å²) in [5, 5.41) is 14.8. The fraction of sp³-hybridized carbons (Fsp3) is 0.483. The fourth-order valence-corrected chi connectivity index (χ4v) is 5.35. The van der Waals surface area contributed by atoms with E-state index in [0.717, 1.165) is 62.2 Å². The molecule has 2 aliphatic rings. The van der Waals surface area contributed by atoms with Crippen molar-refractivity contribution in [2.75, 3.05) is 33.3 Å². The summed E-state index contributed by atoms with van der Waals surface area (Å²) in [5.74, 6) is -2.27. The molecule has 1 amide bonds. The number of piperidine rings is 1. The molecule has 2 aromatic carbocycles. The van der Waals surface area contributed by atoms with E-state index in [1.54, 1.807) is 13.2 Å². The minimum atomic E-state index is -1.82. The highest BCUT2D eigenvalue weighted by Crippen LogP contribution is 2.37. The van der Waals surface area contributed by atoms with Crippen LogP contribution in [0.5, 0.6) is 5.75 Å². The van der Waals surface area contributed by atoms with Gasteiger partial charge in [-0.15, -0.1) is 0 Å². The Bertz CT molecular complexity index is 1120. The number of amides is 1. The molecule has 2 aliphatic heterocycles. The van der Waals surface area contributed by atoms with Crippen LogP contribution < -0.4 is 4.74 Å². The summed E-state index contributed by atoms with van der Waals surface area (Å²) in [5.41, 5.74) is 3.46. The van der Waals surface area contributed by atoms with Gasteiger partial charge in [0.05, 0.1) is 13.2 Å². The van der Waals surface area contributed by atoms with Gasteiger partial charge in [-0.3, -0.25) is 4.79 Å². The number of aliphatic carboxylic acids is 2. The molecule has 1 atom stereocenters. The van der Waals surface area contributed by atoms with Crippen molar-refractivity contribution in [3.8, 4) is 5.75 Å². The van der Waals surface area contributed by atoms with Gasteiger partial charge in [0.25, 0.3) is 0 Å². The molecule has 9 heteroatoms. The molecule has 1 fully saturated rings. The topological polar surface area (TPSA) is 107 Å². The van der Waals surface area contributed by atoms with Gasteiger partial charge >= 0.3 is 11.9 Å². The lowest BCUT2D eigenvalue weighted by Gasteiger charge is -2.42. The molecule has 8 nitrogen and oxygen atoms in total. The maximum absolute atomic E-state index is 13.7. The van der Waals surface area contributed by atoms with Crippen molar-refractivity contribution in [1.29, 1.82) is 0 Å². The van der Waals surface area contributed by atoms with Crippen LogP contribution >= 0.6 is 0 Å². The number of likely N-dealkylation sites (tertiary alicyclic amines) is 1. The van der Waals surface area contributed by atoms with Gasteiger partial charge in [-0.2, -0.15) is 0 Å². The van der Waals surface area contributed by atoms with Crippen molar-refractivity contribution in [3.05, 3.63) is 65.0 Å². The summed E-state index contributed by atoms with van der Waals surface area (Å²) >= 11 is 0. The van der Waals surface area contributed by atoms with Gasteiger partial charge in [0, 0.05) is 19.0 Å². The number of methoxy groups -OCH3 is 1. The minimum Gasteiger partial charge on any atom is -0.497 e. The predicted octanol–water partition coefficient (Wildman–Crippen LogP) is 4.03. The van der Waals surface area contributed by atoms with Crippen LogP contribution in [-0.2, 0) is 27.2 Å².